The maximum atomic E-state index is 5.85. The Morgan fingerprint density at radius 1 is 1.00 bits per heavy atom. The summed E-state index contributed by atoms with van der Waals surface area (Å²) in [6, 6.07) is 10.6. The second kappa shape index (κ2) is 5.63. The van der Waals surface area contributed by atoms with Gasteiger partial charge >= 0.3 is 0 Å². The molecule has 17 heavy (non-hydrogen) atoms. The van der Waals surface area contributed by atoms with Crippen LogP contribution in [0.25, 0.3) is 0 Å². The van der Waals surface area contributed by atoms with Crippen molar-refractivity contribution in [2.45, 2.75) is 19.4 Å². The van der Waals surface area contributed by atoms with Crippen LogP contribution in [0.1, 0.15) is 18.4 Å². The van der Waals surface area contributed by atoms with Crippen molar-refractivity contribution in [3.8, 4) is 0 Å². The number of likely N-dealkylation sites (tertiary alicyclic amines) is 1. The number of nitrogens with two attached hydrogens (primary N) is 2. The maximum absolute atomic E-state index is 5.85. The molecular formula is C14H23N3. The van der Waals surface area contributed by atoms with Crippen molar-refractivity contribution in [1.82, 2.24) is 4.90 Å². The third-order valence-corrected chi connectivity index (χ3v) is 4.03. The summed E-state index contributed by atoms with van der Waals surface area (Å²) in [5.41, 5.74) is 13.3. The minimum absolute atomic E-state index is 0.202. The molecule has 1 aliphatic rings. The molecule has 4 N–H and O–H groups in total. The van der Waals surface area contributed by atoms with E-state index in [0.717, 1.165) is 45.6 Å². The van der Waals surface area contributed by atoms with Crippen molar-refractivity contribution in [3.05, 3.63) is 35.9 Å². The van der Waals surface area contributed by atoms with Crippen LogP contribution < -0.4 is 11.5 Å². The van der Waals surface area contributed by atoms with Gasteiger partial charge in [0.15, 0.2) is 0 Å². The predicted molar refractivity (Wildman–Crippen MR) is 71.5 cm³/mol. The Morgan fingerprint density at radius 3 is 2.12 bits per heavy atom. The van der Waals surface area contributed by atoms with E-state index in [4.69, 9.17) is 11.5 Å². The van der Waals surface area contributed by atoms with Gasteiger partial charge in [0.05, 0.1) is 0 Å². The Morgan fingerprint density at radius 2 is 1.59 bits per heavy atom. The zero-order chi connectivity index (χ0) is 12.1. The van der Waals surface area contributed by atoms with Gasteiger partial charge in [-0.25, -0.2) is 0 Å². The molecule has 3 heteroatoms. The van der Waals surface area contributed by atoms with Crippen LogP contribution >= 0.6 is 0 Å². The third kappa shape index (κ3) is 3.06. The molecule has 0 spiro atoms. The first kappa shape index (κ1) is 12.6. The summed E-state index contributed by atoms with van der Waals surface area (Å²) in [6.45, 7) is 4.73. The molecule has 1 saturated heterocycles. The van der Waals surface area contributed by atoms with E-state index < -0.39 is 0 Å². The van der Waals surface area contributed by atoms with E-state index in [2.05, 4.69) is 35.2 Å². The van der Waals surface area contributed by atoms with Crippen molar-refractivity contribution < 1.29 is 0 Å². The Hall–Kier alpha value is -0.900. The van der Waals surface area contributed by atoms with Gasteiger partial charge in [0.25, 0.3) is 0 Å². The minimum atomic E-state index is 0.202. The standard InChI is InChI=1S/C14H23N3/c15-11-14(12-16)6-8-17(9-7-14)10-13-4-2-1-3-5-13/h1-5H,6-12,15-16H2. The molecule has 0 atom stereocenters. The van der Waals surface area contributed by atoms with E-state index in [9.17, 15) is 0 Å². The molecule has 3 nitrogen and oxygen atoms in total. The van der Waals surface area contributed by atoms with Crippen molar-refractivity contribution in [1.29, 1.82) is 0 Å². The molecule has 0 radical (unpaired) electrons. The number of hydrogen-bond donors (Lipinski definition) is 2. The quantitative estimate of drug-likeness (QED) is 0.821. The first-order chi connectivity index (χ1) is 8.28. The van der Waals surface area contributed by atoms with Gasteiger partial charge < -0.3 is 11.5 Å². The summed E-state index contributed by atoms with van der Waals surface area (Å²) < 4.78 is 0. The molecule has 1 aromatic carbocycles. The number of benzene rings is 1. The summed E-state index contributed by atoms with van der Waals surface area (Å²) in [4.78, 5) is 2.50. The summed E-state index contributed by atoms with van der Waals surface area (Å²) in [5.74, 6) is 0. The first-order valence-corrected chi connectivity index (χ1v) is 6.44. The van der Waals surface area contributed by atoms with Gasteiger partial charge in [-0.3, -0.25) is 4.90 Å². The van der Waals surface area contributed by atoms with Gasteiger partial charge in [0.1, 0.15) is 0 Å². The Labute approximate surface area is 104 Å². The van der Waals surface area contributed by atoms with E-state index in [1.807, 2.05) is 0 Å². The van der Waals surface area contributed by atoms with Crippen molar-refractivity contribution in [3.63, 3.8) is 0 Å². The molecule has 0 saturated carbocycles. The van der Waals surface area contributed by atoms with Gasteiger partial charge in [0, 0.05) is 6.54 Å². The highest BCUT2D eigenvalue weighted by Crippen LogP contribution is 2.29. The summed E-state index contributed by atoms with van der Waals surface area (Å²) in [5, 5.41) is 0. The third-order valence-electron chi connectivity index (χ3n) is 4.03. The lowest BCUT2D eigenvalue weighted by Gasteiger charge is -2.40. The zero-order valence-corrected chi connectivity index (χ0v) is 10.4. The molecule has 1 aliphatic heterocycles. The first-order valence-electron chi connectivity index (χ1n) is 6.44. The van der Waals surface area contributed by atoms with E-state index in [1.165, 1.54) is 5.56 Å². The minimum Gasteiger partial charge on any atom is -0.330 e. The Balaban J connectivity index is 1.87. The number of nitrogens with zero attached hydrogens (tertiary/aromatic N) is 1. The van der Waals surface area contributed by atoms with Crippen LogP contribution in [0.4, 0.5) is 0 Å². The summed E-state index contributed by atoms with van der Waals surface area (Å²) in [7, 11) is 0. The fourth-order valence-electron chi connectivity index (χ4n) is 2.52. The van der Waals surface area contributed by atoms with Crippen LogP contribution in [-0.4, -0.2) is 31.1 Å². The lowest BCUT2D eigenvalue weighted by Crippen LogP contribution is -2.47. The SMILES string of the molecule is NCC1(CN)CCN(Cc2ccccc2)CC1. The lowest BCUT2D eigenvalue weighted by atomic mass is 9.78. The van der Waals surface area contributed by atoms with Crippen LogP contribution in [0.2, 0.25) is 0 Å². The molecule has 0 aliphatic carbocycles. The predicted octanol–water partition coefficient (Wildman–Crippen LogP) is 1.19. The molecular weight excluding hydrogens is 210 g/mol. The molecule has 94 valence electrons. The average Bonchev–Trinajstić information content (AvgIpc) is 2.41. The largest absolute Gasteiger partial charge is 0.330 e. The number of hydrogen-bond acceptors (Lipinski definition) is 3. The average molecular weight is 233 g/mol. The summed E-state index contributed by atoms with van der Waals surface area (Å²) >= 11 is 0. The van der Waals surface area contributed by atoms with Crippen LogP contribution in [-0.2, 0) is 6.54 Å². The van der Waals surface area contributed by atoms with Crippen LogP contribution in [0, 0.1) is 5.41 Å². The van der Waals surface area contributed by atoms with Crippen LogP contribution in [0.5, 0.6) is 0 Å². The molecule has 0 bridgehead atoms. The summed E-state index contributed by atoms with van der Waals surface area (Å²) in [6.07, 6.45) is 2.26. The molecule has 0 aromatic heterocycles. The maximum Gasteiger partial charge on any atom is 0.0233 e. The molecule has 1 fully saturated rings. The number of rotatable bonds is 4. The van der Waals surface area contributed by atoms with E-state index in [-0.39, 0.29) is 5.41 Å². The molecule has 0 unspecified atom stereocenters. The topological polar surface area (TPSA) is 55.3 Å². The van der Waals surface area contributed by atoms with Gasteiger partial charge in [-0.1, -0.05) is 30.3 Å². The lowest BCUT2D eigenvalue weighted by molar-refractivity contribution is 0.111. The Bertz CT molecular complexity index is 323. The van der Waals surface area contributed by atoms with Gasteiger partial charge in [-0.15, -0.1) is 0 Å². The molecule has 1 aromatic rings. The highest BCUT2D eigenvalue weighted by molar-refractivity contribution is 5.14. The van der Waals surface area contributed by atoms with Gasteiger partial charge in [0.2, 0.25) is 0 Å². The van der Waals surface area contributed by atoms with Crippen molar-refractivity contribution >= 4 is 0 Å². The number of piperidine rings is 1. The second-order valence-corrected chi connectivity index (χ2v) is 5.17. The van der Waals surface area contributed by atoms with Crippen LogP contribution in [0.3, 0.4) is 0 Å². The van der Waals surface area contributed by atoms with E-state index >= 15 is 0 Å². The van der Waals surface area contributed by atoms with E-state index in [1.54, 1.807) is 0 Å². The zero-order valence-electron chi connectivity index (χ0n) is 10.4. The highest BCUT2D eigenvalue weighted by atomic mass is 15.1. The van der Waals surface area contributed by atoms with Crippen molar-refractivity contribution in [2.75, 3.05) is 26.2 Å². The molecule has 2 rings (SSSR count). The normalized spacial score (nSPS) is 20.4. The monoisotopic (exact) mass is 233 g/mol. The molecule has 0 amide bonds. The Kier molecular flexibility index (Phi) is 4.15. The molecule has 1 heterocycles. The van der Waals surface area contributed by atoms with Gasteiger partial charge in [-0.2, -0.15) is 0 Å². The second-order valence-electron chi connectivity index (χ2n) is 5.17. The fraction of sp³-hybridized carbons (Fsp3) is 0.571. The van der Waals surface area contributed by atoms with Crippen LogP contribution in [0.15, 0.2) is 30.3 Å². The fourth-order valence-corrected chi connectivity index (χ4v) is 2.52. The van der Waals surface area contributed by atoms with Crippen molar-refractivity contribution in [2.24, 2.45) is 16.9 Å². The highest BCUT2D eigenvalue weighted by Gasteiger charge is 2.31. The van der Waals surface area contributed by atoms with Gasteiger partial charge in [-0.05, 0) is 50.0 Å². The van der Waals surface area contributed by atoms with E-state index in [0.29, 0.717) is 0 Å². The smallest absolute Gasteiger partial charge is 0.0233 e.